The van der Waals surface area contributed by atoms with Crippen molar-refractivity contribution in [2.75, 3.05) is 0 Å². The second-order valence-electron chi connectivity index (χ2n) is 1.54. The number of hydrogen-bond acceptors (Lipinski definition) is 2. The van der Waals surface area contributed by atoms with E-state index in [1.807, 2.05) is 19.2 Å². The summed E-state index contributed by atoms with van der Waals surface area (Å²) < 4.78 is 1.60. The van der Waals surface area contributed by atoms with Crippen LogP contribution in [0.2, 0.25) is 0 Å². The third kappa shape index (κ3) is 0.924. The van der Waals surface area contributed by atoms with Gasteiger partial charge in [-0.05, 0) is 13.0 Å². The fourth-order valence-electron chi connectivity index (χ4n) is 0.492. The zero-order chi connectivity index (χ0) is 5.98. The maximum atomic E-state index is 4.61. The summed E-state index contributed by atoms with van der Waals surface area (Å²) in [6.45, 7) is 1.93. The van der Waals surface area contributed by atoms with E-state index in [0.29, 0.717) is 0 Å². The van der Waals surface area contributed by atoms with Crippen LogP contribution in [-0.2, 0) is 0 Å². The van der Waals surface area contributed by atoms with Crippen LogP contribution in [0.25, 0.3) is 0 Å². The van der Waals surface area contributed by atoms with E-state index in [4.69, 9.17) is 0 Å². The molecule has 0 bridgehead atoms. The van der Waals surface area contributed by atoms with Gasteiger partial charge in [0.25, 0.3) is 0 Å². The SMILES string of the molecule is Cc1ccn(C=S)n1. The van der Waals surface area contributed by atoms with Crippen LogP contribution in [0.1, 0.15) is 5.69 Å². The molecule has 1 aromatic heterocycles. The van der Waals surface area contributed by atoms with Gasteiger partial charge >= 0.3 is 0 Å². The van der Waals surface area contributed by atoms with Crippen LogP contribution in [0.4, 0.5) is 0 Å². The summed E-state index contributed by atoms with van der Waals surface area (Å²) >= 11 is 4.61. The fraction of sp³-hybridized carbons (Fsp3) is 0.200. The number of aromatic nitrogens is 2. The van der Waals surface area contributed by atoms with Crippen molar-refractivity contribution in [2.24, 2.45) is 0 Å². The smallest absolute Gasteiger partial charge is 0.0913 e. The van der Waals surface area contributed by atoms with Crippen molar-refractivity contribution in [3.8, 4) is 0 Å². The Labute approximate surface area is 53.1 Å². The third-order valence-corrected chi connectivity index (χ3v) is 1.07. The highest BCUT2D eigenvalue weighted by molar-refractivity contribution is 7.78. The highest BCUT2D eigenvalue weighted by Crippen LogP contribution is 1.87. The van der Waals surface area contributed by atoms with Crippen LogP contribution >= 0.6 is 12.2 Å². The maximum absolute atomic E-state index is 4.61. The Kier molecular flexibility index (Phi) is 1.39. The van der Waals surface area contributed by atoms with E-state index in [1.165, 1.54) is 5.49 Å². The van der Waals surface area contributed by atoms with Crippen molar-refractivity contribution in [2.45, 2.75) is 6.92 Å². The van der Waals surface area contributed by atoms with Gasteiger partial charge < -0.3 is 0 Å². The molecule has 0 radical (unpaired) electrons. The van der Waals surface area contributed by atoms with Gasteiger partial charge in [0, 0.05) is 6.20 Å². The molecule has 0 aliphatic carbocycles. The number of hydrogen-bond donors (Lipinski definition) is 0. The van der Waals surface area contributed by atoms with Crippen LogP contribution in [0.3, 0.4) is 0 Å². The summed E-state index contributed by atoms with van der Waals surface area (Å²) in [5.74, 6) is 0. The normalized spacial score (nSPS) is 9.12. The minimum absolute atomic E-state index is 0.992. The number of thiocarbonyl (C=S) groups is 1. The lowest BCUT2D eigenvalue weighted by Gasteiger charge is -1.81. The number of aryl methyl sites for hydroxylation is 1. The van der Waals surface area contributed by atoms with E-state index in [0.717, 1.165) is 5.69 Å². The summed E-state index contributed by atoms with van der Waals surface area (Å²) in [6, 6.07) is 1.91. The largest absolute Gasteiger partial charge is 0.237 e. The van der Waals surface area contributed by atoms with Crippen molar-refractivity contribution < 1.29 is 0 Å². The summed E-state index contributed by atoms with van der Waals surface area (Å²) in [4.78, 5) is 0. The van der Waals surface area contributed by atoms with Gasteiger partial charge in [-0.15, -0.1) is 0 Å². The molecule has 42 valence electrons. The van der Waals surface area contributed by atoms with Gasteiger partial charge in [0.2, 0.25) is 0 Å². The molecule has 0 aromatic carbocycles. The zero-order valence-corrected chi connectivity index (χ0v) is 5.35. The van der Waals surface area contributed by atoms with E-state index in [2.05, 4.69) is 17.3 Å². The Morgan fingerprint density at radius 2 is 2.62 bits per heavy atom. The van der Waals surface area contributed by atoms with Crippen LogP contribution in [0.15, 0.2) is 12.3 Å². The molecule has 0 fully saturated rings. The third-order valence-electron chi connectivity index (χ3n) is 0.850. The van der Waals surface area contributed by atoms with Gasteiger partial charge in [-0.1, -0.05) is 12.2 Å². The molecule has 0 spiro atoms. The fourth-order valence-corrected chi connectivity index (χ4v) is 0.609. The molecule has 0 saturated carbocycles. The predicted molar refractivity (Wildman–Crippen MR) is 36.0 cm³/mol. The van der Waals surface area contributed by atoms with Crippen LogP contribution in [0, 0.1) is 6.92 Å². The molecule has 0 saturated heterocycles. The Balaban J connectivity index is 3.00. The molecule has 0 atom stereocenters. The van der Waals surface area contributed by atoms with Crippen LogP contribution < -0.4 is 0 Å². The van der Waals surface area contributed by atoms with E-state index in [1.54, 1.807) is 4.68 Å². The minimum atomic E-state index is 0.992. The standard InChI is InChI=1S/C5H6N2S/c1-5-2-3-7(4-8)6-5/h2-4H,1H3. The maximum Gasteiger partial charge on any atom is 0.0913 e. The molecular formula is C5H6N2S. The van der Waals surface area contributed by atoms with Crippen LogP contribution in [-0.4, -0.2) is 15.3 Å². The Bertz CT molecular complexity index is 192. The molecule has 3 heteroatoms. The van der Waals surface area contributed by atoms with Gasteiger partial charge in [0.05, 0.1) is 11.2 Å². The molecule has 0 aliphatic heterocycles. The highest BCUT2D eigenvalue weighted by atomic mass is 32.1. The summed E-state index contributed by atoms with van der Waals surface area (Å²) in [5.41, 5.74) is 2.48. The number of nitrogens with zero attached hydrogens (tertiary/aromatic N) is 2. The van der Waals surface area contributed by atoms with E-state index in [9.17, 15) is 0 Å². The first-order valence-electron chi connectivity index (χ1n) is 2.30. The molecule has 0 amide bonds. The summed E-state index contributed by atoms with van der Waals surface area (Å²) in [6.07, 6.45) is 1.82. The van der Waals surface area contributed by atoms with Crippen molar-refractivity contribution in [1.29, 1.82) is 0 Å². The summed E-state index contributed by atoms with van der Waals surface area (Å²) in [7, 11) is 0. The molecule has 1 heterocycles. The second-order valence-corrected chi connectivity index (χ2v) is 1.75. The Hall–Kier alpha value is -0.700. The molecule has 8 heavy (non-hydrogen) atoms. The predicted octanol–water partition coefficient (Wildman–Crippen LogP) is 0.997. The van der Waals surface area contributed by atoms with Gasteiger partial charge in [0.1, 0.15) is 0 Å². The molecule has 0 N–H and O–H groups in total. The summed E-state index contributed by atoms with van der Waals surface area (Å²) in [5, 5.41) is 3.99. The van der Waals surface area contributed by atoms with Crippen molar-refractivity contribution in [3.63, 3.8) is 0 Å². The monoisotopic (exact) mass is 126 g/mol. The topological polar surface area (TPSA) is 17.8 Å². The molecular weight excluding hydrogens is 120 g/mol. The average molecular weight is 126 g/mol. The average Bonchev–Trinajstić information content (AvgIpc) is 2.14. The molecule has 1 aromatic rings. The van der Waals surface area contributed by atoms with Gasteiger partial charge in [-0.2, -0.15) is 5.10 Å². The quantitative estimate of drug-likeness (QED) is 0.522. The highest BCUT2D eigenvalue weighted by Gasteiger charge is 1.84. The first-order chi connectivity index (χ1) is 3.83. The molecule has 1 rings (SSSR count). The van der Waals surface area contributed by atoms with Crippen molar-refractivity contribution in [3.05, 3.63) is 18.0 Å². The lowest BCUT2D eigenvalue weighted by atomic mass is 10.5. The lowest BCUT2D eigenvalue weighted by molar-refractivity contribution is 0.943. The molecule has 2 nitrogen and oxygen atoms in total. The Morgan fingerprint density at radius 1 is 1.88 bits per heavy atom. The minimum Gasteiger partial charge on any atom is -0.237 e. The molecule has 0 aliphatic rings. The van der Waals surface area contributed by atoms with Gasteiger partial charge in [-0.3, -0.25) is 0 Å². The second kappa shape index (κ2) is 2.05. The van der Waals surface area contributed by atoms with E-state index < -0.39 is 0 Å². The molecule has 0 unspecified atom stereocenters. The van der Waals surface area contributed by atoms with Crippen LogP contribution in [0.5, 0.6) is 0 Å². The van der Waals surface area contributed by atoms with Gasteiger partial charge in [-0.25, -0.2) is 4.68 Å². The van der Waals surface area contributed by atoms with Gasteiger partial charge in [0.15, 0.2) is 0 Å². The zero-order valence-electron chi connectivity index (χ0n) is 4.53. The van der Waals surface area contributed by atoms with E-state index in [-0.39, 0.29) is 0 Å². The van der Waals surface area contributed by atoms with Crippen molar-refractivity contribution in [1.82, 2.24) is 9.78 Å². The first kappa shape index (κ1) is 5.44. The van der Waals surface area contributed by atoms with Crippen molar-refractivity contribution >= 4 is 17.7 Å². The lowest BCUT2D eigenvalue weighted by Crippen LogP contribution is -1.91. The van der Waals surface area contributed by atoms with E-state index >= 15 is 0 Å². The number of rotatable bonds is 1. The Morgan fingerprint density at radius 3 is 2.88 bits per heavy atom. The first-order valence-corrected chi connectivity index (χ1v) is 2.77.